The molecule has 1 amide bonds. The molecule has 156 valence electrons. The van der Waals surface area contributed by atoms with E-state index in [-0.39, 0.29) is 23.7 Å². The zero-order valence-corrected chi connectivity index (χ0v) is 17.1. The van der Waals surface area contributed by atoms with Crippen LogP contribution in [0.3, 0.4) is 0 Å². The molecule has 0 aliphatic carbocycles. The summed E-state index contributed by atoms with van der Waals surface area (Å²) in [6.07, 6.45) is 1.87. The Hall–Kier alpha value is -2.60. The lowest BCUT2D eigenvalue weighted by Gasteiger charge is -2.32. The first kappa shape index (κ1) is 21.1. The Morgan fingerprint density at radius 2 is 1.86 bits per heavy atom. The summed E-state index contributed by atoms with van der Waals surface area (Å²) in [5.41, 5.74) is 1.06. The molecule has 1 N–H and O–H groups in total. The SMILES string of the molecule is COc1ccc(OC[C@@H](C)NC(=O)[C@H]2CCCN(Cc3ccc(F)cc3)C2)cc1. The highest BCUT2D eigenvalue weighted by atomic mass is 19.1. The number of rotatable bonds is 8. The van der Waals surface area contributed by atoms with Crippen LogP contribution in [-0.4, -0.2) is 43.7 Å². The highest BCUT2D eigenvalue weighted by Gasteiger charge is 2.26. The molecule has 29 heavy (non-hydrogen) atoms. The average molecular weight is 400 g/mol. The van der Waals surface area contributed by atoms with E-state index in [1.54, 1.807) is 19.2 Å². The fourth-order valence-electron chi connectivity index (χ4n) is 3.56. The largest absolute Gasteiger partial charge is 0.497 e. The zero-order chi connectivity index (χ0) is 20.6. The molecule has 3 rings (SSSR count). The monoisotopic (exact) mass is 400 g/mol. The Bertz CT molecular complexity index is 780. The maximum atomic E-state index is 13.1. The molecule has 0 bridgehead atoms. The highest BCUT2D eigenvalue weighted by molar-refractivity contribution is 5.79. The number of nitrogens with zero attached hydrogens (tertiary/aromatic N) is 1. The second-order valence-electron chi connectivity index (χ2n) is 7.60. The van der Waals surface area contributed by atoms with E-state index < -0.39 is 0 Å². The number of ether oxygens (including phenoxy) is 2. The van der Waals surface area contributed by atoms with Gasteiger partial charge in [-0.3, -0.25) is 9.69 Å². The van der Waals surface area contributed by atoms with Gasteiger partial charge in [-0.1, -0.05) is 12.1 Å². The average Bonchev–Trinajstić information content (AvgIpc) is 2.74. The molecule has 0 unspecified atom stereocenters. The number of carbonyl (C=O) groups is 1. The normalized spacial score (nSPS) is 18.1. The molecule has 2 aromatic rings. The van der Waals surface area contributed by atoms with Crippen LogP contribution < -0.4 is 14.8 Å². The van der Waals surface area contributed by atoms with Crippen molar-refractivity contribution in [2.45, 2.75) is 32.4 Å². The first-order valence-electron chi connectivity index (χ1n) is 10.1. The number of hydrogen-bond acceptors (Lipinski definition) is 4. The van der Waals surface area contributed by atoms with Crippen molar-refractivity contribution in [2.24, 2.45) is 5.92 Å². The summed E-state index contributed by atoms with van der Waals surface area (Å²) in [5.74, 6) is 1.33. The van der Waals surface area contributed by atoms with Crippen LogP contribution in [-0.2, 0) is 11.3 Å². The molecule has 0 spiro atoms. The second-order valence-corrected chi connectivity index (χ2v) is 7.60. The number of likely N-dealkylation sites (tertiary alicyclic amines) is 1. The van der Waals surface area contributed by atoms with Crippen molar-refractivity contribution >= 4 is 5.91 Å². The van der Waals surface area contributed by atoms with Gasteiger partial charge in [-0.15, -0.1) is 0 Å². The number of amides is 1. The third-order valence-corrected chi connectivity index (χ3v) is 5.14. The first-order valence-corrected chi connectivity index (χ1v) is 10.1. The lowest BCUT2D eigenvalue weighted by atomic mass is 9.96. The summed E-state index contributed by atoms with van der Waals surface area (Å²) < 4.78 is 24.0. The van der Waals surface area contributed by atoms with Gasteiger partial charge in [0.1, 0.15) is 23.9 Å². The van der Waals surface area contributed by atoms with Gasteiger partial charge in [-0.25, -0.2) is 4.39 Å². The fourth-order valence-corrected chi connectivity index (χ4v) is 3.56. The summed E-state index contributed by atoms with van der Waals surface area (Å²) in [5, 5.41) is 3.07. The summed E-state index contributed by atoms with van der Waals surface area (Å²) in [6, 6.07) is 13.9. The molecule has 1 saturated heterocycles. The summed E-state index contributed by atoms with van der Waals surface area (Å²) in [6.45, 7) is 4.76. The quantitative estimate of drug-likeness (QED) is 0.735. The van der Waals surface area contributed by atoms with Crippen molar-refractivity contribution in [3.63, 3.8) is 0 Å². The molecule has 2 atom stereocenters. The Labute approximate surface area is 171 Å². The van der Waals surface area contributed by atoms with Crippen molar-refractivity contribution in [3.8, 4) is 11.5 Å². The van der Waals surface area contributed by atoms with Crippen molar-refractivity contribution < 1.29 is 18.7 Å². The van der Waals surface area contributed by atoms with Crippen LogP contribution in [0.4, 0.5) is 4.39 Å². The third-order valence-electron chi connectivity index (χ3n) is 5.14. The standard InChI is InChI=1S/C23H29FN2O3/c1-17(16-29-22-11-9-21(28-2)10-12-22)25-23(27)19-4-3-13-26(15-19)14-18-5-7-20(24)8-6-18/h5-12,17,19H,3-4,13-16H2,1-2H3,(H,25,27)/t17-,19+/m1/s1. The van der Waals surface area contributed by atoms with Crippen molar-refractivity contribution in [3.05, 3.63) is 59.9 Å². The number of carbonyl (C=O) groups excluding carboxylic acids is 1. The fraction of sp³-hybridized carbons (Fsp3) is 0.435. The van der Waals surface area contributed by atoms with Gasteiger partial charge in [0.2, 0.25) is 5.91 Å². The molecule has 5 nitrogen and oxygen atoms in total. The van der Waals surface area contributed by atoms with Crippen molar-refractivity contribution in [1.29, 1.82) is 0 Å². The third kappa shape index (κ3) is 6.46. The number of piperidine rings is 1. The van der Waals surface area contributed by atoms with Crippen LogP contribution in [0.5, 0.6) is 11.5 Å². The van der Waals surface area contributed by atoms with E-state index >= 15 is 0 Å². The van der Waals surface area contributed by atoms with Crippen LogP contribution in [0.2, 0.25) is 0 Å². The smallest absolute Gasteiger partial charge is 0.224 e. The van der Waals surface area contributed by atoms with Gasteiger partial charge >= 0.3 is 0 Å². The number of hydrogen-bond donors (Lipinski definition) is 1. The van der Waals surface area contributed by atoms with E-state index in [4.69, 9.17) is 9.47 Å². The van der Waals surface area contributed by atoms with Crippen molar-refractivity contribution in [2.75, 3.05) is 26.8 Å². The minimum atomic E-state index is -0.226. The molecule has 0 aromatic heterocycles. The van der Waals surface area contributed by atoms with Crippen LogP contribution in [0.15, 0.2) is 48.5 Å². The zero-order valence-electron chi connectivity index (χ0n) is 17.1. The van der Waals surface area contributed by atoms with Gasteiger partial charge in [0.05, 0.1) is 19.1 Å². The molecular weight excluding hydrogens is 371 g/mol. The molecule has 1 aliphatic rings. The van der Waals surface area contributed by atoms with E-state index in [2.05, 4.69) is 10.2 Å². The van der Waals surface area contributed by atoms with Gasteiger partial charge in [-0.2, -0.15) is 0 Å². The van der Waals surface area contributed by atoms with E-state index in [1.807, 2.05) is 31.2 Å². The lowest BCUT2D eigenvalue weighted by Crippen LogP contribution is -2.46. The number of nitrogens with one attached hydrogen (secondary N) is 1. The van der Waals surface area contributed by atoms with Gasteiger partial charge in [0.15, 0.2) is 0 Å². The predicted molar refractivity (Wildman–Crippen MR) is 110 cm³/mol. The summed E-state index contributed by atoms with van der Waals surface area (Å²) >= 11 is 0. The van der Waals surface area contributed by atoms with E-state index in [0.29, 0.717) is 6.61 Å². The lowest BCUT2D eigenvalue weighted by molar-refractivity contribution is -0.127. The molecular formula is C23H29FN2O3. The summed E-state index contributed by atoms with van der Waals surface area (Å²) in [4.78, 5) is 14.9. The van der Waals surface area contributed by atoms with E-state index in [1.165, 1.54) is 12.1 Å². The molecule has 0 radical (unpaired) electrons. The second kappa shape index (κ2) is 10.3. The van der Waals surface area contributed by atoms with E-state index in [9.17, 15) is 9.18 Å². The first-order chi connectivity index (χ1) is 14.0. The predicted octanol–water partition coefficient (Wildman–Crippen LogP) is 3.63. The van der Waals surface area contributed by atoms with Crippen LogP contribution in [0.25, 0.3) is 0 Å². The highest BCUT2D eigenvalue weighted by Crippen LogP contribution is 2.20. The van der Waals surface area contributed by atoms with Gasteiger partial charge in [0, 0.05) is 13.1 Å². The van der Waals surface area contributed by atoms with Crippen molar-refractivity contribution in [1.82, 2.24) is 10.2 Å². The molecule has 0 saturated carbocycles. The summed E-state index contributed by atoms with van der Waals surface area (Å²) in [7, 11) is 1.62. The van der Waals surface area contributed by atoms with Crippen LogP contribution >= 0.6 is 0 Å². The molecule has 1 aliphatic heterocycles. The van der Waals surface area contributed by atoms with Gasteiger partial charge in [0.25, 0.3) is 0 Å². The van der Waals surface area contributed by atoms with Gasteiger partial charge in [-0.05, 0) is 68.3 Å². The van der Waals surface area contributed by atoms with Crippen LogP contribution in [0.1, 0.15) is 25.3 Å². The maximum absolute atomic E-state index is 13.1. The van der Waals surface area contributed by atoms with E-state index in [0.717, 1.165) is 49.5 Å². The van der Waals surface area contributed by atoms with Gasteiger partial charge < -0.3 is 14.8 Å². The molecule has 2 aromatic carbocycles. The minimum absolute atomic E-state index is 0.0346. The molecule has 6 heteroatoms. The maximum Gasteiger partial charge on any atom is 0.224 e. The van der Waals surface area contributed by atoms with Crippen LogP contribution in [0, 0.1) is 11.7 Å². The topological polar surface area (TPSA) is 50.8 Å². The Balaban J connectivity index is 1.44. The minimum Gasteiger partial charge on any atom is -0.497 e. The Morgan fingerprint density at radius 1 is 1.17 bits per heavy atom. The number of methoxy groups -OCH3 is 1. The Kier molecular flexibility index (Phi) is 7.47. The Morgan fingerprint density at radius 3 is 2.55 bits per heavy atom. The number of halogens is 1. The number of benzene rings is 2. The molecule has 1 fully saturated rings. The molecule has 1 heterocycles.